The Morgan fingerprint density at radius 3 is 2.47 bits per heavy atom. The highest BCUT2D eigenvalue weighted by molar-refractivity contribution is 9.10. The second-order valence-electron chi connectivity index (χ2n) is 7.06. The molecule has 6 nitrogen and oxygen atoms in total. The van der Waals surface area contributed by atoms with Crippen molar-refractivity contribution in [2.24, 2.45) is 5.92 Å². The minimum Gasteiger partial charge on any atom is -0.420 e. The highest BCUT2D eigenvalue weighted by atomic mass is 79.9. The number of hydrogen-bond acceptors (Lipinski definition) is 6. The molecule has 0 aliphatic carbocycles. The minimum absolute atomic E-state index is 0.318. The first-order valence-corrected chi connectivity index (χ1v) is 11.2. The first kappa shape index (κ1) is 20.7. The molecule has 4 aromatic rings. The van der Waals surface area contributed by atoms with E-state index < -0.39 is 0 Å². The van der Waals surface area contributed by atoms with E-state index in [1.54, 1.807) is 18.2 Å². The summed E-state index contributed by atoms with van der Waals surface area (Å²) >= 11 is 4.93. The van der Waals surface area contributed by atoms with Crippen LogP contribution < -0.4 is 0 Å². The molecular formula is C21H19BrFN5OS. The van der Waals surface area contributed by atoms with Crippen molar-refractivity contribution < 1.29 is 8.81 Å². The largest absolute Gasteiger partial charge is 0.420 e. The molecule has 0 saturated carbocycles. The first-order chi connectivity index (χ1) is 14.5. The highest BCUT2D eigenvalue weighted by Crippen LogP contribution is 2.30. The topological polar surface area (TPSA) is 69.6 Å². The van der Waals surface area contributed by atoms with Gasteiger partial charge in [0.1, 0.15) is 5.82 Å². The molecule has 0 saturated heterocycles. The summed E-state index contributed by atoms with van der Waals surface area (Å²) in [7, 11) is 0. The number of thioether (sulfide) groups is 1. The Bertz CT molecular complexity index is 1160. The van der Waals surface area contributed by atoms with Gasteiger partial charge in [0, 0.05) is 11.0 Å². The van der Waals surface area contributed by atoms with Crippen LogP contribution in [0.25, 0.3) is 22.8 Å². The molecule has 154 valence electrons. The molecule has 2 heterocycles. The van der Waals surface area contributed by atoms with E-state index in [1.165, 1.54) is 17.8 Å². The standard InChI is InChI=1S/C21H19BrFN5OS/c1-13(2)11-28-19(15-8-4-6-10-17(15)23)25-27-21(28)30-12-18-24-26-20(29-18)14-7-3-5-9-16(14)22/h3-10,13H,11-12H2,1-2H3. The second-order valence-corrected chi connectivity index (χ2v) is 8.86. The average Bonchev–Trinajstić information content (AvgIpc) is 3.34. The Labute approximate surface area is 186 Å². The molecule has 0 bridgehead atoms. The van der Waals surface area contributed by atoms with Crippen molar-refractivity contribution in [2.75, 3.05) is 0 Å². The zero-order chi connectivity index (χ0) is 21.1. The lowest BCUT2D eigenvalue weighted by molar-refractivity contribution is 0.495. The Kier molecular flexibility index (Phi) is 6.29. The minimum atomic E-state index is -0.318. The lowest BCUT2D eigenvalue weighted by atomic mass is 10.2. The molecule has 0 atom stereocenters. The fourth-order valence-corrected chi connectivity index (χ4v) is 4.19. The van der Waals surface area contributed by atoms with Gasteiger partial charge in [-0.2, -0.15) is 0 Å². The van der Waals surface area contributed by atoms with Crippen LogP contribution in [-0.2, 0) is 12.3 Å². The molecule has 0 unspecified atom stereocenters. The molecule has 2 aromatic heterocycles. The second kappa shape index (κ2) is 9.09. The third-order valence-electron chi connectivity index (χ3n) is 4.28. The first-order valence-electron chi connectivity index (χ1n) is 9.41. The van der Waals surface area contributed by atoms with Crippen LogP contribution in [-0.4, -0.2) is 25.0 Å². The zero-order valence-electron chi connectivity index (χ0n) is 16.4. The van der Waals surface area contributed by atoms with E-state index in [9.17, 15) is 4.39 Å². The number of aromatic nitrogens is 5. The Morgan fingerprint density at radius 1 is 1.00 bits per heavy atom. The molecule has 4 rings (SSSR count). The lowest BCUT2D eigenvalue weighted by Gasteiger charge is -2.12. The van der Waals surface area contributed by atoms with Crippen LogP contribution >= 0.6 is 27.7 Å². The number of benzene rings is 2. The SMILES string of the molecule is CC(C)Cn1c(SCc2nnc(-c3ccccc3Br)o2)nnc1-c1ccccc1F. The molecule has 30 heavy (non-hydrogen) atoms. The number of rotatable bonds is 7. The molecule has 0 aliphatic rings. The maximum atomic E-state index is 14.3. The van der Waals surface area contributed by atoms with Crippen LogP contribution in [0.15, 0.2) is 62.6 Å². The molecule has 0 fully saturated rings. The van der Waals surface area contributed by atoms with Crippen LogP contribution in [0.5, 0.6) is 0 Å². The van der Waals surface area contributed by atoms with Crippen LogP contribution in [0.4, 0.5) is 4.39 Å². The van der Waals surface area contributed by atoms with Gasteiger partial charge >= 0.3 is 0 Å². The van der Waals surface area contributed by atoms with Crippen molar-refractivity contribution in [1.29, 1.82) is 0 Å². The van der Waals surface area contributed by atoms with Gasteiger partial charge in [0.05, 0.1) is 16.9 Å². The molecular weight excluding hydrogens is 469 g/mol. The molecule has 0 spiro atoms. The Morgan fingerprint density at radius 2 is 1.73 bits per heavy atom. The van der Waals surface area contributed by atoms with Gasteiger partial charge in [0.25, 0.3) is 0 Å². The van der Waals surface area contributed by atoms with Crippen molar-refractivity contribution in [3.8, 4) is 22.8 Å². The number of halogens is 2. The predicted octanol–water partition coefficient (Wildman–Crippen LogP) is 5.85. The average molecular weight is 488 g/mol. The fourth-order valence-electron chi connectivity index (χ4n) is 2.95. The van der Waals surface area contributed by atoms with E-state index in [0.717, 1.165) is 10.0 Å². The summed E-state index contributed by atoms with van der Waals surface area (Å²) in [5, 5.41) is 17.5. The van der Waals surface area contributed by atoms with E-state index in [0.29, 0.717) is 46.5 Å². The van der Waals surface area contributed by atoms with Gasteiger partial charge in [-0.1, -0.05) is 49.9 Å². The summed E-state index contributed by atoms with van der Waals surface area (Å²) in [6, 6.07) is 14.3. The Hall–Kier alpha value is -2.52. The highest BCUT2D eigenvalue weighted by Gasteiger charge is 2.19. The zero-order valence-corrected chi connectivity index (χ0v) is 18.8. The molecule has 0 radical (unpaired) electrons. The summed E-state index contributed by atoms with van der Waals surface area (Å²) in [6.45, 7) is 4.87. The fraction of sp³-hybridized carbons (Fsp3) is 0.238. The van der Waals surface area contributed by atoms with Crippen molar-refractivity contribution in [2.45, 2.75) is 31.3 Å². The molecule has 9 heteroatoms. The molecule has 2 aromatic carbocycles. The van der Waals surface area contributed by atoms with Gasteiger partial charge in [0.15, 0.2) is 11.0 Å². The molecule has 0 N–H and O–H groups in total. The van der Waals surface area contributed by atoms with Crippen molar-refractivity contribution in [1.82, 2.24) is 25.0 Å². The van der Waals surface area contributed by atoms with Crippen molar-refractivity contribution in [3.63, 3.8) is 0 Å². The van der Waals surface area contributed by atoms with Crippen molar-refractivity contribution >= 4 is 27.7 Å². The summed E-state index contributed by atoms with van der Waals surface area (Å²) in [4.78, 5) is 0. The Balaban J connectivity index is 1.57. The third kappa shape index (κ3) is 4.46. The van der Waals surface area contributed by atoms with E-state index >= 15 is 0 Å². The lowest BCUT2D eigenvalue weighted by Crippen LogP contribution is -2.08. The summed E-state index contributed by atoms with van der Waals surface area (Å²) in [6.07, 6.45) is 0. The summed E-state index contributed by atoms with van der Waals surface area (Å²) < 4.78 is 23.0. The predicted molar refractivity (Wildman–Crippen MR) is 117 cm³/mol. The van der Waals surface area contributed by atoms with Gasteiger partial charge in [-0.15, -0.1) is 20.4 Å². The van der Waals surface area contributed by atoms with Gasteiger partial charge in [-0.3, -0.25) is 0 Å². The number of nitrogens with zero attached hydrogens (tertiary/aromatic N) is 5. The monoisotopic (exact) mass is 487 g/mol. The van der Waals surface area contributed by atoms with Gasteiger partial charge < -0.3 is 8.98 Å². The van der Waals surface area contributed by atoms with Gasteiger partial charge in [0.2, 0.25) is 11.8 Å². The van der Waals surface area contributed by atoms with Crippen LogP contribution in [0.1, 0.15) is 19.7 Å². The quantitative estimate of drug-likeness (QED) is 0.304. The summed E-state index contributed by atoms with van der Waals surface area (Å²) in [5.41, 5.74) is 1.28. The number of hydrogen-bond donors (Lipinski definition) is 0. The molecule has 0 aliphatic heterocycles. The van der Waals surface area contributed by atoms with E-state index in [2.05, 4.69) is 50.2 Å². The maximum absolute atomic E-state index is 14.3. The normalized spacial score (nSPS) is 11.4. The summed E-state index contributed by atoms with van der Waals surface area (Å²) in [5.74, 6) is 1.91. The van der Waals surface area contributed by atoms with Gasteiger partial charge in [-0.05, 0) is 46.1 Å². The van der Waals surface area contributed by atoms with Crippen LogP contribution in [0, 0.1) is 11.7 Å². The smallest absolute Gasteiger partial charge is 0.248 e. The molecule has 0 amide bonds. The van der Waals surface area contributed by atoms with E-state index in [4.69, 9.17) is 4.42 Å². The third-order valence-corrected chi connectivity index (χ3v) is 5.92. The van der Waals surface area contributed by atoms with Gasteiger partial charge in [-0.25, -0.2) is 4.39 Å². The van der Waals surface area contributed by atoms with Crippen molar-refractivity contribution in [3.05, 3.63) is 64.7 Å². The van der Waals surface area contributed by atoms with E-state index in [1.807, 2.05) is 28.8 Å². The maximum Gasteiger partial charge on any atom is 0.248 e. The van der Waals surface area contributed by atoms with E-state index in [-0.39, 0.29) is 5.82 Å². The van der Waals surface area contributed by atoms with Crippen LogP contribution in [0.3, 0.4) is 0 Å². The van der Waals surface area contributed by atoms with Crippen LogP contribution in [0.2, 0.25) is 0 Å².